The fourth-order valence-corrected chi connectivity index (χ4v) is 2.06. The predicted molar refractivity (Wildman–Crippen MR) is 64.7 cm³/mol. The smallest absolute Gasteiger partial charge is 0.125 e. The lowest BCUT2D eigenvalue weighted by molar-refractivity contribution is 0.402. The molecule has 1 aromatic rings. The fraction of sp³-hybridized carbons (Fsp3) is 0.538. The molecule has 0 aliphatic carbocycles. The van der Waals surface area contributed by atoms with Crippen LogP contribution in [0.25, 0.3) is 0 Å². The summed E-state index contributed by atoms with van der Waals surface area (Å²) in [6, 6.07) is 2.21. The Hall–Kier alpha value is -1.02. The summed E-state index contributed by atoms with van der Waals surface area (Å²) in [5, 5.41) is 0. The van der Waals surface area contributed by atoms with Gasteiger partial charge in [-0.15, -0.1) is 0 Å². The average Bonchev–Trinajstić information content (AvgIpc) is 2.21. The lowest BCUT2D eigenvalue weighted by Gasteiger charge is -2.20. The first-order valence-corrected chi connectivity index (χ1v) is 5.37. The van der Waals surface area contributed by atoms with Gasteiger partial charge in [-0.05, 0) is 49.9 Å². The van der Waals surface area contributed by atoms with Crippen LogP contribution in [0.4, 0.5) is 0 Å². The van der Waals surface area contributed by atoms with Gasteiger partial charge in [0.1, 0.15) is 5.75 Å². The van der Waals surface area contributed by atoms with Gasteiger partial charge < -0.3 is 10.5 Å². The Morgan fingerprint density at radius 2 is 1.87 bits per heavy atom. The van der Waals surface area contributed by atoms with Gasteiger partial charge in [-0.25, -0.2) is 0 Å². The number of methoxy groups -OCH3 is 1. The summed E-state index contributed by atoms with van der Waals surface area (Å²) in [5.41, 5.74) is 10.7. The van der Waals surface area contributed by atoms with Crippen molar-refractivity contribution < 1.29 is 4.74 Å². The molecule has 0 saturated heterocycles. The van der Waals surface area contributed by atoms with Crippen LogP contribution in [0.3, 0.4) is 0 Å². The number of aryl methyl sites for hydroxylation is 2. The van der Waals surface area contributed by atoms with Crippen molar-refractivity contribution in [1.29, 1.82) is 0 Å². The number of nitrogens with two attached hydrogens (primary N) is 1. The molecule has 0 bridgehead atoms. The molecule has 2 nitrogen and oxygen atoms in total. The van der Waals surface area contributed by atoms with E-state index >= 15 is 0 Å². The van der Waals surface area contributed by atoms with E-state index in [0.29, 0.717) is 12.5 Å². The van der Waals surface area contributed by atoms with E-state index in [0.717, 1.165) is 5.75 Å². The molecule has 1 rings (SSSR count). The van der Waals surface area contributed by atoms with Crippen molar-refractivity contribution in [2.75, 3.05) is 13.7 Å². The van der Waals surface area contributed by atoms with Crippen LogP contribution in [0.1, 0.15) is 35.1 Å². The molecule has 84 valence electrons. The maximum Gasteiger partial charge on any atom is 0.125 e. The van der Waals surface area contributed by atoms with Gasteiger partial charge in [0.15, 0.2) is 0 Å². The molecule has 1 atom stereocenters. The summed E-state index contributed by atoms with van der Waals surface area (Å²) in [6.45, 7) is 9.12. The molecular weight excluding hydrogens is 186 g/mol. The Bertz CT molecular complexity index is 358. The molecule has 0 aliphatic heterocycles. The van der Waals surface area contributed by atoms with E-state index in [1.807, 2.05) is 0 Å². The third-order valence-electron chi connectivity index (χ3n) is 3.09. The molecule has 2 heteroatoms. The summed E-state index contributed by atoms with van der Waals surface area (Å²) in [6.07, 6.45) is 0. The third kappa shape index (κ3) is 2.15. The van der Waals surface area contributed by atoms with Crippen molar-refractivity contribution in [3.05, 3.63) is 28.3 Å². The Labute approximate surface area is 92.4 Å². The molecule has 0 aromatic heterocycles. The molecule has 2 N–H and O–H groups in total. The summed E-state index contributed by atoms with van der Waals surface area (Å²) in [4.78, 5) is 0. The summed E-state index contributed by atoms with van der Waals surface area (Å²) in [5.74, 6) is 1.35. The zero-order chi connectivity index (χ0) is 11.6. The van der Waals surface area contributed by atoms with Crippen LogP contribution in [-0.2, 0) is 0 Å². The molecule has 0 radical (unpaired) electrons. The minimum atomic E-state index is 0.347. The van der Waals surface area contributed by atoms with Gasteiger partial charge in [0, 0.05) is 5.56 Å². The molecule has 1 unspecified atom stereocenters. The van der Waals surface area contributed by atoms with Crippen LogP contribution in [0, 0.1) is 20.8 Å². The van der Waals surface area contributed by atoms with Gasteiger partial charge in [0.05, 0.1) is 7.11 Å². The first-order chi connectivity index (χ1) is 7.02. The second-order valence-corrected chi connectivity index (χ2v) is 4.22. The second kappa shape index (κ2) is 4.67. The highest BCUT2D eigenvalue weighted by Gasteiger charge is 2.16. The molecule has 0 spiro atoms. The molecule has 0 fully saturated rings. The average molecular weight is 207 g/mol. The molecule has 15 heavy (non-hydrogen) atoms. The van der Waals surface area contributed by atoms with E-state index in [1.54, 1.807) is 7.11 Å². The van der Waals surface area contributed by atoms with Crippen molar-refractivity contribution in [2.45, 2.75) is 33.6 Å². The van der Waals surface area contributed by atoms with E-state index < -0.39 is 0 Å². The van der Waals surface area contributed by atoms with Crippen LogP contribution in [0.2, 0.25) is 0 Å². The summed E-state index contributed by atoms with van der Waals surface area (Å²) in [7, 11) is 1.73. The fourth-order valence-electron chi connectivity index (χ4n) is 2.06. The number of ether oxygens (including phenoxy) is 1. The van der Waals surface area contributed by atoms with E-state index in [2.05, 4.69) is 33.8 Å². The molecular formula is C13H21NO. The number of hydrogen-bond acceptors (Lipinski definition) is 2. The maximum atomic E-state index is 5.73. The van der Waals surface area contributed by atoms with E-state index in [-0.39, 0.29) is 0 Å². The molecule has 0 amide bonds. The van der Waals surface area contributed by atoms with E-state index in [4.69, 9.17) is 10.5 Å². The zero-order valence-corrected chi connectivity index (χ0v) is 10.3. The van der Waals surface area contributed by atoms with Crippen molar-refractivity contribution >= 4 is 0 Å². The molecule has 0 heterocycles. The van der Waals surface area contributed by atoms with Gasteiger partial charge in [-0.2, -0.15) is 0 Å². The van der Waals surface area contributed by atoms with Crippen molar-refractivity contribution in [3.63, 3.8) is 0 Å². The zero-order valence-electron chi connectivity index (χ0n) is 10.3. The Morgan fingerprint density at radius 3 is 2.33 bits per heavy atom. The Morgan fingerprint density at radius 1 is 1.27 bits per heavy atom. The quantitative estimate of drug-likeness (QED) is 0.827. The summed E-state index contributed by atoms with van der Waals surface area (Å²) >= 11 is 0. The van der Waals surface area contributed by atoms with Gasteiger partial charge in [-0.1, -0.05) is 13.0 Å². The molecule has 0 saturated carbocycles. The number of benzene rings is 1. The first kappa shape index (κ1) is 12.1. The van der Waals surface area contributed by atoms with Crippen molar-refractivity contribution in [2.24, 2.45) is 5.73 Å². The standard InChI is InChI=1S/C13H21NO/c1-8-6-9(2)12(10(3)7-14)13(15-5)11(8)4/h6,10H,7,14H2,1-5H3. The van der Waals surface area contributed by atoms with Crippen LogP contribution >= 0.6 is 0 Å². The monoisotopic (exact) mass is 207 g/mol. The Balaban J connectivity index is 3.41. The number of hydrogen-bond donors (Lipinski definition) is 1. The minimum Gasteiger partial charge on any atom is -0.496 e. The summed E-state index contributed by atoms with van der Waals surface area (Å²) < 4.78 is 5.51. The lowest BCUT2D eigenvalue weighted by atomic mass is 9.91. The minimum absolute atomic E-state index is 0.347. The van der Waals surface area contributed by atoms with Crippen LogP contribution in [-0.4, -0.2) is 13.7 Å². The van der Waals surface area contributed by atoms with Crippen LogP contribution in [0.5, 0.6) is 5.75 Å². The van der Waals surface area contributed by atoms with Crippen LogP contribution in [0.15, 0.2) is 6.07 Å². The molecule has 0 aliphatic rings. The first-order valence-electron chi connectivity index (χ1n) is 5.37. The van der Waals surface area contributed by atoms with Crippen LogP contribution < -0.4 is 10.5 Å². The van der Waals surface area contributed by atoms with Gasteiger partial charge in [0.2, 0.25) is 0 Å². The Kier molecular flexibility index (Phi) is 3.75. The highest BCUT2D eigenvalue weighted by Crippen LogP contribution is 2.34. The highest BCUT2D eigenvalue weighted by atomic mass is 16.5. The van der Waals surface area contributed by atoms with E-state index in [1.165, 1.54) is 22.3 Å². The largest absolute Gasteiger partial charge is 0.496 e. The van der Waals surface area contributed by atoms with Gasteiger partial charge in [-0.3, -0.25) is 0 Å². The predicted octanol–water partition coefficient (Wildman–Crippen LogP) is 2.68. The van der Waals surface area contributed by atoms with Gasteiger partial charge >= 0.3 is 0 Å². The SMILES string of the molecule is COc1c(C)c(C)cc(C)c1C(C)CN. The maximum absolute atomic E-state index is 5.73. The number of rotatable bonds is 3. The van der Waals surface area contributed by atoms with Gasteiger partial charge in [0.25, 0.3) is 0 Å². The third-order valence-corrected chi connectivity index (χ3v) is 3.09. The molecule has 1 aromatic carbocycles. The normalized spacial score (nSPS) is 12.7. The second-order valence-electron chi connectivity index (χ2n) is 4.22. The lowest BCUT2D eigenvalue weighted by Crippen LogP contribution is -2.12. The van der Waals surface area contributed by atoms with E-state index in [9.17, 15) is 0 Å². The topological polar surface area (TPSA) is 35.2 Å². The van der Waals surface area contributed by atoms with Crippen molar-refractivity contribution in [1.82, 2.24) is 0 Å². The van der Waals surface area contributed by atoms with Crippen molar-refractivity contribution in [3.8, 4) is 5.75 Å². The highest BCUT2D eigenvalue weighted by molar-refractivity contribution is 5.51.